The molecule has 0 aliphatic carbocycles. The number of hydrogen-bond donors (Lipinski definition) is 0. The summed E-state index contributed by atoms with van der Waals surface area (Å²) in [6.07, 6.45) is 2.89. The lowest BCUT2D eigenvalue weighted by Gasteiger charge is -1.79. The van der Waals surface area contributed by atoms with Crippen LogP contribution in [0, 0.1) is 6.20 Å². The molecule has 0 saturated heterocycles. The molecule has 2 aromatic rings. The Hall–Kier alpha value is -0.890. The number of hydrogen-bond acceptors (Lipinski definition) is 2. The van der Waals surface area contributed by atoms with Gasteiger partial charge >= 0.3 is 0 Å². The predicted octanol–water partition coefficient (Wildman–Crippen LogP) is 2.10. The lowest BCUT2D eigenvalue weighted by Crippen LogP contribution is -1.57. The third-order valence-electron chi connectivity index (χ3n) is 1.20. The van der Waals surface area contributed by atoms with Gasteiger partial charge in [-0.2, -0.15) is 4.37 Å². The van der Waals surface area contributed by atoms with Crippen molar-refractivity contribution < 1.29 is 0 Å². The lowest BCUT2D eigenvalue weighted by molar-refractivity contribution is 1.58. The van der Waals surface area contributed by atoms with Crippen LogP contribution in [0.3, 0.4) is 0 Å². The quantitative estimate of drug-likeness (QED) is 0.537. The summed E-state index contributed by atoms with van der Waals surface area (Å²) in [7, 11) is 0. The Labute approximate surface area is 57.1 Å². The Morgan fingerprint density at radius 1 is 1.33 bits per heavy atom. The molecule has 0 aliphatic heterocycles. The first kappa shape index (κ1) is 4.94. The van der Waals surface area contributed by atoms with Crippen LogP contribution in [0.4, 0.5) is 0 Å². The second-order valence-electron chi connectivity index (χ2n) is 1.79. The second-order valence-corrected chi connectivity index (χ2v) is 2.60. The van der Waals surface area contributed by atoms with Crippen LogP contribution in [0.15, 0.2) is 24.3 Å². The number of fused-ring (bicyclic) bond motifs is 1. The highest BCUT2D eigenvalue weighted by Gasteiger charge is 1.90. The zero-order valence-electron chi connectivity index (χ0n) is 4.66. The molecule has 0 aliphatic rings. The molecule has 1 radical (unpaired) electrons. The summed E-state index contributed by atoms with van der Waals surface area (Å²) in [5.41, 5.74) is 0. The van der Waals surface area contributed by atoms with Crippen molar-refractivity contribution in [1.82, 2.24) is 4.37 Å². The van der Waals surface area contributed by atoms with E-state index in [1.54, 1.807) is 0 Å². The standard InChI is InChI=1S/C7H4NS/c1-2-4-7-6(3-1)5-8-9-7/h1-4H. The number of benzene rings is 1. The number of rotatable bonds is 0. The molecule has 43 valence electrons. The van der Waals surface area contributed by atoms with E-state index < -0.39 is 0 Å². The van der Waals surface area contributed by atoms with Crippen LogP contribution in [-0.4, -0.2) is 4.37 Å². The van der Waals surface area contributed by atoms with Gasteiger partial charge in [0.2, 0.25) is 0 Å². The van der Waals surface area contributed by atoms with Crippen molar-refractivity contribution in [3.8, 4) is 0 Å². The lowest BCUT2D eigenvalue weighted by atomic mass is 10.3. The van der Waals surface area contributed by atoms with Crippen LogP contribution in [0.1, 0.15) is 0 Å². The maximum Gasteiger partial charge on any atom is 0.112 e. The topological polar surface area (TPSA) is 12.9 Å². The van der Waals surface area contributed by atoms with E-state index in [0.29, 0.717) is 0 Å². The average molecular weight is 134 g/mol. The second kappa shape index (κ2) is 1.81. The summed E-state index contributed by atoms with van der Waals surface area (Å²) in [5.74, 6) is 0. The highest BCUT2D eigenvalue weighted by Crippen LogP contribution is 2.15. The molecule has 0 fully saturated rings. The first-order chi connectivity index (χ1) is 4.47. The molecule has 2 heteroatoms. The van der Waals surface area contributed by atoms with E-state index >= 15 is 0 Å². The van der Waals surface area contributed by atoms with Gasteiger partial charge in [0.25, 0.3) is 0 Å². The molecule has 1 aromatic heterocycles. The normalized spacial score (nSPS) is 10.2. The minimum absolute atomic E-state index is 1.11. The Balaban J connectivity index is 2.95. The zero-order valence-corrected chi connectivity index (χ0v) is 5.48. The smallest absolute Gasteiger partial charge is 0.112 e. The molecular weight excluding hydrogens is 130 g/mol. The summed E-state index contributed by atoms with van der Waals surface area (Å²) >= 11 is 1.48. The summed E-state index contributed by atoms with van der Waals surface area (Å²) in [4.78, 5) is 0. The van der Waals surface area contributed by atoms with Gasteiger partial charge in [-0.3, -0.25) is 0 Å². The Morgan fingerprint density at radius 2 is 2.22 bits per heavy atom. The van der Waals surface area contributed by atoms with Crippen LogP contribution >= 0.6 is 11.5 Å². The van der Waals surface area contributed by atoms with Crippen molar-refractivity contribution >= 4 is 21.6 Å². The molecule has 0 saturated carbocycles. The third-order valence-corrected chi connectivity index (χ3v) is 1.93. The Morgan fingerprint density at radius 3 is 3.11 bits per heavy atom. The predicted molar refractivity (Wildman–Crippen MR) is 38.5 cm³/mol. The third kappa shape index (κ3) is 0.715. The largest absolute Gasteiger partial charge is 0.190 e. The highest BCUT2D eigenvalue weighted by molar-refractivity contribution is 7.13. The Bertz CT molecular complexity index is 283. The minimum Gasteiger partial charge on any atom is -0.190 e. The molecule has 2 rings (SSSR count). The van der Waals surface area contributed by atoms with Gasteiger partial charge in [0.15, 0.2) is 0 Å². The molecule has 0 atom stereocenters. The van der Waals surface area contributed by atoms with E-state index in [9.17, 15) is 0 Å². The van der Waals surface area contributed by atoms with Crippen LogP contribution in [-0.2, 0) is 0 Å². The Kier molecular flexibility index (Phi) is 0.993. The van der Waals surface area contributed by atoms with E-state index in [2.05, 4.69) is 10.6 Å². The van der Waals surface area contributed by atoms with E-state index in [1.165, 1.54) is 16.2 Å². The summed E-state index contributed by atoms with van der Waals surface area (Å²) in [6.45, 7) is 0. The van der Waals surface area contributed by atoms with Gasteiger partial charge in [0, 0.05) is 5.39 Å². The molecule has 0 spiro atoms. The first-order valence-electron chi connectivity index (χ1n) is 2.69. The van der Waals surface area contributed by atoms with E-state index in [0.717, 1.165) is 5.39 Å². The van der Waals surface area contributed by atoms with E-state index in [1.807, 2.05) is 24.3 Å². The van der Waals surface area contributed by atoms with Crippen LogP contribution in [0.5, 0.6) is 0 Å². The number of nitrogens with zero attached hydrogens (tertiary/aromatic N) is 1. The highest BCUT2D eigenvalue weighted by atomic mass is 32.1. The van der Waals surface area contributed by atoms with Crippen molar-refractivity contribution in [2.24, 2.45) is 0 Å². The first-order valence-corrected chi connectivity index (χ1v) is 3.46. The van der Waals surface area contributed by atoms with Crippen molar-refractivity contribution in [3.05, 3.63) is 30.5 Å². The molecule has 1 aromatic carbocycles. The van der Waals surface area contributed by atoms with E-state index in [4.69, 9.17) is 0 Å². The van der Waals surface area contributed by atoms with Gasteiger partial charge in [-0.1, -0.05) is 18.2 Å². The van der Waals surface area contributed by atoms with Gasteiger partial charge in [0.1, 0.15) is 6.20 Å². The monoisotopic (exact) mass is 134 g/mol. The van der Waals surface area contributed by atoms with Crippen molar-refractivity contribution in [1.29, 1.82) is 0 Å². The van der Waals surface area contributed by atoms with Crippen molar-refractivity contribution in [2.45, 2.75) is 0 Å². The molecule has 1 heterocycles. The molecule has 0 amide bonds. The minimum atomic E-state index is 1.11. The van der Waals surface area contributed by atoms with Gasteiger partial charge in [-0.15, -0.1) is 0 Å². The fourth-order valence-electron chi connectivity index (χ4n) is 0.760. The molecule has 0 bridgehead atoms. The summed E-state index contributed by atoms with van der Waals surface area (Å²) in [6, 6.07) is 8.06. The maximum atomic E-state index is 3.92. The van der Waals surface area contributed by atoms with Gasteiger partial charge in [0.05, 0.1) is 4.70 Å². The maximum absolute atomic E-state index is 3.92. The van der Waals surface area contributed by atoms with Crippen LogP contribution < -0.4 is 0 Å². The number of aromatic nitrogens is 1. The van der Waals surface area contributed by atoms with Gasteiger partial charge in [-0.25, -0.2) is 0 Å². The van der Waals surface area contributed by atoms with Crippen LogP contribution in [0.2, 0.25) is 0 Å². The fourth-order valence-corrected chi connectivity index (χ4v) is 1.35. The summed E-state index contributed by atoms with van der Waals surface area (Å²) in [5, 5.41) is 1.11. The van der Waals surface area contributed by atoms with Gasteiger partial charge in [-0.05, 0) is 17.6 Å². The van der Waals surface area contributed by atoms with Gasteiger partial charge < -0.3 is 0 Å². The molecule has 0 unspecified atom stereocenters. The zero-order chi connectivity index (χ0) is 6.10. The van der Waals surface area contributed by atoms with E-state index in [-0.39, 0.29) is 0 Å². The molecule has 1 nitrogen and oxygen atoms in total. The van der Waals surface area contributed by atoms with Crippen LogP contribution in [0.25, 0.3) is 10.1 Å². The molecule has 9 heavy (non-hydrogen) atoms. The van der Waals surface area contributed by atoms with Crippen molar-refractivity contribution in [2.75, 3.05) is 0 Å². The SMILES string of the molecule is [c]1nsc2ccccc12. The summed E-state index contributed by atoms with van der Waals surface area (Å²) < 4.78 is 5.12. The average Bonchev–Trinajstić information content (AvgIpc) is 2.33. The molecule has 0 N–H and O–H groups in total. The fraction of sp³-hybridized carbons (Fsp3) is 0. The molecular formula is C7H4NS. The van der Waals surface area contributed by atoms with Crippen molar-refractivity contribution in [3.63, 3.8) is 0 Å².